The molecule has 0 amide bonds. The normalized spacial score (nSPS) is 16.2. The van der Waals surface area contributed by atoms with E-state index in [1.165, 1.54) is 6.20 Å². The van der Waals surface area contributed by atoms with Gasteiger partial charge in [-0.05, 0) is 38.1 Å². The fraction of sp³-hybridized carbons (Fsp3) is 0.357. The van der Waals surface area contributed by atoms with Crippen molar-refractivity contribution in [2.75, 3.05) is 13.1 Å². The Kier molecular flexibility index (Phi) is 3.47. The van der Waals surface area contributed by atoms with Gasteiger partial charge in [0.1, 0.15) is 12.3 Å². The van der Waals surface area contributed by atoms with Crippen molar-refractivity contribution in [2.24, 2.45) is 0 Å². The van der Waals surface area contributed by atoms with E-state index < -0.39 is 4.92 Å². The fourth-order valence-electron chi connectivity index (χ4n) is 2.46. The number of ether oxygens (including phenoxy) is 1. The van der Waals surface area contributed by atoms with Crippen molar-refractivity contribution in [3.8, 4) is 5.88 Å². The second kappa shape index (κ2) is 5.42. The molecule has 0 spiro atoms. The van der Waals surface area contributed by atoms with Gasteiger partial charge in [0.25, 0.3) is 5.69 Å². The van der Waals surface area contributed by atoms with Crippen LogP contribution in [0.2, 0.25) is 0 Å². The maximum Gasteiger partial charge on any atom is 0.295 e. The molecule has 0 bridgehead atoms. The number of nitrogens with zero attached hydrogens (tertiary/aromatic N) is 2. The highest BCUT2D eigenvalue weighted by Gasteiger charge is 2.20. The predicted molar refractivity (Wildman–Crippen MR) is 74.9 cm³/mol. The number of benzene rings is 1. The van der Waals surface area contributed by atoms with Crippen LogP contribution in [0.3, 0.4) is 0 Å². The quantitative estimate of drug-likeness (QED) is 0.685. The lowest BCUT2D eigenvalue weighted by Crippen LogP contribution is -2.34. The molecule has 1 aromatic carbocycles. The topological polar surface area (TPSA) is 77.3 Å². The minimum absolute atomic E-state index is 0.0123. The van der Waals surface area contributed by atoms with Crippen LogP contribution in [-0.4, -0.2) is 29.1 Å². The van der Waals surface area contributed by atoms with Crippen LogP contribution in [0.15, 0.2) is 30.5 Å². The standard InChI is InChI=1S/C14H15N3O3/c18-17(19)13-9-16-14(12-4-2-1-3-11(12)13)20-10-5-7-15-8-6-10/h1-4,9-10,15H,5-8H2. The Balaban J connectivity index is 1.99. The molecular weight excluding hydrogens is 258 g/mol. The Bertz CT molecular complexity index is 639. The average molecular weight is 273 g/mol. The molecule has 6 nitrogen and oxygen atoms in total. The number of fused-ring (bicyclic) bond motifs is 1. The molecule has 0 saturated carbocycles. The zero-order valence-electron chi connectivity index (χ0n) is 10.9. The number of hydrogen-bond acceptors (Lipinski definition) is 5. The summed E-state index contributed by atoms with van der Waals surface area (Å²) in [6, 6.07) is 7.16. The molecule has 0 atom stereocenters. The maximum atomic E-state index is 11.0. The van der Waals surface area contributed by atoms with E-state index in [1.807, 2.05) is 12.1 Å². The average Bonchev–Trinajstić information content (AvgIpc) is 2.48. The van der Waals surface area contributed by atoms with Crippen LogP contribution in [0.25, 0.3) is 10.8 Å². The molecule has 0 radical (unpaired) electrons. The third-order valence-corrected chi connectivity index (χ3v) is 3.50. The highest BCUT2D eigenvalue weighted by molar-refractivity contribution is 5.93. The summed E-state index contributed by atoms with van der Waals surface area (Å²) in [6.07, 6.45) is 3.24. The number of pyridine rings is 1. The highest BCUT2D eigenvalue weighted by Crippen LogP contribution is 2.31. The van der Waals surface area contributed by atoms with Crippen LogP contribution >= 0.6 is 0 Å². The lowest BCUT2D eigenvalue weighted by Gasteiger charge is -2.23. The van der Waals surface area contributed by atoms with E-state index in [2.05, 4.69) is 10.3 Å². The van der Waals surface area contributed by atoms with Crippen molar-refractivity contribution in [3.05, 3.63) is 40.6 Å². The van der Waals surface area contributed by atoms with Gasteiger partial charge in [-0.25, -0.2) is 4.98 Å². The van der Waals surface area contributed by atoms with Crippen LogP contribution < -0.4 is 10.1 Å². The van der Waals surface area contributed by atoms with Gasteiger partial charge in [0.15, 0.2) is 0 Å². The molecular formula is C14H15N3O3. The zero-order chi connectivity index (χ0) is 13.9. The monoisotopic (exact) mass is 273 g/mol. The number of rotatable bonds is 3. The van der Waals surface area contributed by atoms with Crippen molar-refractivity contribution in [1.29, 1.82) is 0 Å². The van der Waals surface area contributed by atoms with Crippen molar-refractivity contribution >= 4 is 16.5 Å². The molecule has 1 saturated heterocycles. The van der Waals surface area contributed by atoms with E-state index in [9.17, 15) is 10.1 Å². The van der Waals surface area contributed by atoms with Gasteiger partial charge in [-0.3, -0.25) is 10.1 Å². The summed E-state index contributed by atoms with van der Waals surface area (Å²) in [5.74, 6) is 0.484. The van der Waals surface area contributed by atoms with Crippen molar-refractivity contribution in [1.82, 2.24) is 10.3 Å². The van der Waals surface area contributed by atoms with Gasteiger partial charge >= 0.3 is 0 Å². The highest BCUT2D eigenvalue weighted by atomic mass is 16.6. The molecule has 104 valence electrons. The molecule has 20 heavy (non-hydrogen) atoms. The van der Waals surface area contributed by atoms with Gasteiger partial charge in [-0.2, -0.15) is 0 Å². The van der Waals surface area contributed by atoms with Crippen molar-refractivity contribution in [3.63, 3.8) is 0 Å². The summed E-state index contributed by atoms with van der Waals surface area (Å²) in [7, 11) is 0. The first kappa shape index (κ1) is 12.8. The Morgan fingerprint density at radius 1 is 1.25 bits per heavy atom. The number of aromatic nitrogens is 1. The number of nitro groups is 1. The number of nitrogens with one attached hydrogen (secondary N) is 1. The number of hydrogen-bond donors (Lipinski definition) is 1. The van der Waals surface area contributed by atoms with Crippen LogP contribution in [0.1, 0.15) is 12.8 Å². The first-order valence-corrected chi connectivity index (χ1v) is 6.65. The van der Waals surface area contributed by atoms with Gasteiger partial charge < -0.3 is 10.1 Å². The smallest absolute Gasteiger partial charge is 0.295 e. The van der Waals surface area contributed by atoms with E-state index in [1.54, 1.807) is 12.1 Å². The summed E-state index contributed by atoms with van der Waals surface area (Å²) in [4.78, 5) is 14.8. The van der Waals surface area contributed by atoms with Crippen LogP contribution in [0, 0.1) is 10.1 Å². The van der Waals surface area contributed by atoms with E-state index in [-0.39, 0.29) is 11.8 Å². The summed E-state index contributed by atoms with van der Waals surface area (Å²) in [6.45, 7) is 1.85. The van der Waals surface area contributed by atoms with Crippen LogP contribution in [0.5, 0.6) is 5.88 Å². The molecule has 2 heterocycles. The Morgan fingerprint density at radius 3 is 2.65 bits per heavy atom. The SMILES string of the molecule is O=[N+]([O-])c1cnc(OC2CCNCC2)c2ccccc12. The predicted octanol–water partition coefficient (Wildman–Crippen LogP) is 2.27. The second-order valence-electron chi connectivity index (χ2n) is 4.82. The third kappa shape index (κ3) is 2.42. The summed E-state index contributed by atoms with van der Waals surface area (Å²) in [5, 5.41) is 15.6. The van der Waals surface area contributed by atoms with Gasteiger partial charge in [-0.1, -0.05) is 12.1 Å². The summed E-state index contributed by atoms with van der Waals surface area (Å²) in [5.41, 5.74) is 0.0123. The first-order chi connectivity index (χ1) is 9.75. The largest absolute Gasteiger partial charge is 0.474 e. The molecule has 0 aliphatic carbocycles. The Labute approximate surface area is 115 Å². The Hall–Kier alpha value is -2.21. The van der Waals surface area contributed by atoms with Gasteiger partial charge in [0, 0.05) is 0 Å². The van der Waals surface area contributed by atoms with E-state index in [0.717, 1.165) is 25.9 Å². The molecule has 0 unspecified atom stereocenters. The van der Waals surface area contributed by atoms with Crippen LogP contribution in [-0.2, 0) is 0 Å². The van der Waals surface area contributed by atoms with Gasteiger partial charge in [-0.15, -0.1) is 0 Å². The van der Waals surface area contributed by atoms with Gasteiger partial charge in [0.05, 0.1) is 15.7 Å². The summed E-state index contributed by atoms with van der Waals surface area (Å²) < 4.78 is 5.93. The minimum Gasteiger partial charge on any atom is -0.474 e. The first-order valence-electron chi connectivity index (χ1n) is 6.65. The van der Waals surface area contributed by atoms with Crippen molar-refractivity contribution in [2.45, 2.75) is 18.9 Å². The zero-order valence-corrected chi connectivity index (χ0v) is 10.9. The molecule has 3 rings (SSSR count). The van der Waals surface area contributed by atoms with Gasteiger partial charge in [0.2, 0.25) is 5.88 Å². The van der Waals surface area contributed by atoms with E-state index in [4.69, 9.17) is 4.74 Å². The molecule has 6 heteroatoms. The molecule has 1 aliphatic heterocycles. The lowest BCUT2D eigenvalue weighted by molar-refractivity contribution is -0.383. The Morgan fingerprint density at radius 2 is 1.95 bits per heavy atom. The molecule has 2 aromatic rings. The van der Waals surface area contributed by atoms with E-state index in [0.29, 0.717) is 16.7 Å². The maximum absolute atomic E-state index is 11.0. The lowest BCUT2D eigenvalue weighted by atomic mass is 10.1. The fourth-order valence-corrected chi connectivity index (χ4v) is 2.46. The molecule has 1 aliphatic rings. The van der Waals surface area contributed by atoms with Crippen molar-refractivity contribution < 1.29 is 9.66 Å². The molecule has 1 fully saturated rings. The number of piperidine rings is 1. The second-order valence-corrected chi connectivity index (χ2v) is 4.82. The third-order valence-electron chi connectivity index (χ3n) is 3.50. The molecule has 1 N–H and O–H groups in total. The van der Waals surface area contributed by atoms with E-state index >= 15 is 0 Å². The summed E-state index contributed by atoms with van der Waals surface area (Å²) >= 11 is 0. The minimum atomic E-state index is -0.413. The molecule has 1 aromatic heterocycles. The van der Waals surface area contributed by atoms with Crippen LogP contribution in [0.4, 0.5) is 5.69 Å².